The van der Waals surface area contributed by atoms with E-state index < -0.39 is 0 Å². The van der Waals surface area contributed by atoms with E-state index in [0.29, 0.717) is 41.2 Å². The first kappa shape index (κ1) is 21.0. The van der Waals surface area contributed by atoms with Crippen molar-refractivity contribution in [2.45, 2.75) is 17.2 Å². The first-order valence-electron chi connectivity index (χ1n) is 9.66. The maximum Gasteiger partial charge on any atom is 0.232 e. The molecule has 1 fully saturated rings. The van der Waals surface area contributed by atoms with E-state index in [1.54, 1.807) is 50.1 Å². The highest BCUT2D eigenvalue weighted by Gasteiger charge is 2.36. The molecule has 1 aliphatic heterocycles. The molecular formula is C22H23N3O5S. The fourth-order valence-electron chi connectivity index (χ4n) is 3.60. The van der Waals surface area contributed by atoms with Crippen molar-refractivity contribution in [2.75, 3.05) is 39.0 Å². The molecule has 9 heteroatoms. The summed E-state index contributed by atoms with van der Waals surface area (Å²) in [4.78, 5) is 20.2. The highest BCUT2D eigenvalue weighted by atomic mass is 32.2. The topological polar surface area (TPSA) is 86.9 Å². The second-order valence-corrected chi connectivity index (χ2v) is 7.85. The Morgan fingerprint density at radius 1 is 1.06 bits per heavy atom. The number of hydrogen-bond acceptors (Lipinski definition) is 8. The van der Waals surface area contributed by atoms with Crippen molar-refractivity contribution in [1.29, 1.82) is 0 Å². The van der Waals surface area contributed by atoms with Gasteiger partial charge in [-0.25, -0.2) is 0 Å². The Labute approximate surface area is 184 Å². The number of carbonyl (C=O) groups excluding carboxylic acids is 1. The number of methoxy groups -OCH3 is 3. The number of hydrogen-bond donors (Lipinski definition) is 0. The van der Waals surface area contributed by atoms with Crippen LogP contribution in [0.5, 0.6) is 17.2 Å². The second-order valence-electron chi connectivity index (χ2n) is 6.97. The van der Waals surface area contributed by atoms with Crippen LogP contribution >= 0.6 is 11.8 Å². The van der Waals surface area contributed by atoms with Gasteiger partial charge in [0.05, 0.1) is 32.9 Å². The zero-order valence-electron chi connectivity index (χ0n) is 17.7. The van der Waals surface area contributed by atoms with Crippen LogP contribution in [0.2, 0.25) is 0 Å². The minimum atomic E-state index is -0.196. The van der Waals surface area contributed by atoms with Crippen LogP contribution in [0.1, 0.15) is 18.2 Å². The summed E-state index contributed by atoms with van der Waals surface area (Å²) in [5, 5.41) is 4.11. The van der Waals surface area contributed by atoms with Crippen molar-refractivity contribution in [3.05, 3.63) is 42.3 Å². The first-order chi connectivity index (χ1) is 15.1. The molecule has 1 aromatic heterocycles. The zero-order valence-corrected chi connectivity index (χ0v) is 18.6. The summed E-state index contributed by atoms with van der Waals surface area (Å²) in [6.45, 7) is 0.421. The molecule has 0 spiro atoms. The van der Waals surface area contributed by atoms with Crippen LogP contribution in [0.15, 0.2) is 45.8 Å². The molecule has 0 radical (unpaired) electrons. The van der Waals surface area contributed by atoms with Crippen molar-refractivity contribution in [3.63, 3.8) is 0 Å². The van der Waals surface area contributed by atoms with E-state index in [-0.39, 0.29) is 18.2 Å². The number of amides is 1. The van der Waals surface area contributed by atoms with Gasteiger partial charge in [0.1, 0.15) is 0 Å². The van der Waals surface area contributed by atoms with Crippen molar-refractivity contribution < 1.29 is 23.5 Å². The molecule has 2 heterocycles. The summed E-state index contributed by atoms with van der Waals surface area (Å²) in [5.41, 5.74) is 1.54. The summed E-state index contributed by atoms with van der Waals surface area (Å²) in [7, 11) is 4.63. The number of rotatable bonds is 7. The van der Waals surface area contributed by atoms with Gasteiger partial charge >= 0.3 is 0 Å². The standard InChI is InChI=1S/C22H23N3O5S/c1-27-17-10-15(11-18(28-2)20(17)29-3)25-12-14(9-19(25)26)22-23-21(24-30-22)13-5-7-16(31-4)8-6-13/h5-8,10-11,14H,9,12H2,1-4H3. The summed E-state index contributed by atoms with van der Waals surface area (Å²) in [5.74, 6) is 2.19. The van der Waals surface area contributed by atoms with Crippen LogP contribution in [-0.2, 0) is 4.79 Å². The highest BCUT2D eigenvalue weighted by Crippen LogP contribution is 2.43. The first-order valence-corrected chi connectivity index (χ1v) is 10.9. The Morgan fingerprint density at radius 2 is 1.74 bits per heavy atom. The van der Waals surface area contributed by atoms with Crippen LogP contribution < -0.4 is 19.1 Å². The highest BCUT2D eigenvalue weighted by molar-refractivity contribution is 7.98. The Balaban J connectivity index is 1.57. The van der Waals surface area contributed by atoms with Crippen molar-refractivity contribution >= 4 is 23.4 Å². The number of ether oxygens (including phenoxy) is 3. The van der Waals surface area contributed by atoms with Gasteiger partial charge in [-0.1, -0.05) is 5.16 Å². The molecule has 8 nitrogen and oxygen atoms in total. The Bertz CT molecular complexity index is 1060. The van der Waals surface area contributed by atoms with Crippen molar-refractivity contribution in [1.82, 2.24) is 10.1 Å². The van der Waals surface area contributed by atoms with Crippen LogP contribution in [0, 0.1) is 0 Å². The second kappa shape index (κ2) is 8.89. The number of thioether (sulfide) groups is 1. The minimum Gasteiger partial charge on any atom is -0.493 e. The van der Waals surface area contributed by atoms with E-state index in [1.807, 2.05) is 30.5 Å². The predicted octanol–water partition coefficient (Wildman–Crippen LogP) is 4.00. The van der Waals surface area contributed by atoms with Crippen LogP contribution in [-0.4, -0.2) is 50.2 Å². The molecule has 162 valence electrons. The molecule has 1 aliphatic rings. The molecule has 31 heavy (non-hydrogen) atoms. The summed E-state index contributed by atoms with van der Waals surface area (Å²) in [6, 6.07) is 11.5. The fourth-order valence-corrected chi connectivity index (χ4v) is 4.01. The third kappa shape index (κ3) is 4.05. The quantitative estimate of drug-likeness (QED) is 0.509. The maximum absolute atomic E-state index is 12.8. The molecule has 1 saturated heterocycles. The average Bonchev–Trinajstić information content (AvgIpc) is 3.45. The maximum atomic E-state index is 12.8. The Morgan fingerprint density at radius 3 is 2.32 bits per heavy atom. The normalized spacial score (nSPS) is 15.9. The van der Waals surface area contributed by atoms with Gasteiger partial charge in [-0.05, 0) is 30.5 Å². The smallest absolute Gasteiger partial charge is 0.232 e. The van der Waals surface area contributed by atoms with Gasteiger partial charge in [-0.3, -0.25) is 4.79 Å². The lowest BCUT2D eigenvalue weighted by Gasteiger charge is -2.20. The molecule has 0 bridgehead atoms. The lowest BCUT2D eigenvalue weighted by atomic mass is 10.1. The van der Waals surface area contributed by atoms with Crippen molar-refractivity contribution in [3.8, 4) is 28.6 Å². The average molecular weight is 442 g/mol. The SMILES string of the molecule is COc1cc(N2CC(c3nc(-c4ccc(SC)cc4)no3)CC2=O)cc(OC)c1OC. The molecule has 4 rings (SSSR count). The molecular weight excluding hydrogens is 418 g/mol. The fraction of sp³-hybridized carbons (Fsp3) is 0.318. The largest absolute Gasteiger partial charge is 0.493 e. The summed E-state index contributed by atoms with van der Waals surface area (Å²) >= 11 is 1.67. The molecule has 2 aromatic carbocycles. The Kier molecular flexibility index (Phi) is 6.03. The number of benzene rings is 2. The third-order valence-electron chi connectivity index (χ3n) is 5.23. The summed E-state index contributed by atoms with van der Waals surface area (Å²) < 4.78 is 21.7. The predicted molar refractivity (Wildman–Crippen MR) is 117 cm³/mol. The van der Waals surface area contributed by atoms with E-state index in [9.17, 15) is 4.79 Å². The van der Waals surface area contributed by atoms with Gasteiger partial charge < -0.3 is 23.6 Å². The lowest BCUT2D eigenvalue weighted by molar-refractivity contribution is -0.117. The molecule has 0 saturated carbocycles. The van der Waals surface area contributed by atoms with E-state index >= 15 is 0 Å². The number of carbonyl (C=O) groups is 1. The van der Waals surface area contributed by atoms with Crippen LogP contribution in [0.4, 0.5) is 5.69 Å². The minimum absolute atomic E-state index is 0.0386. The summed E-state index contributed by atoms with van der Waals surface area (Å²) in [6.07, 6.45) is 2.31. The van der Waals surface area contributed by atoms with Gasteiger partial charge in [0, 0.05) is 35.6 Å². The van der Waals surface area contributed by atoms with Gasteiger partial charge in [0.15, 0.2) is 11.5 Å². The van der Waals surface area contributed by atoms with E-state index in [1.165, 1.54) is 0 Å². The number of aromatic nitrogens is 2. The lowest BCUT2D eigenvalue weighted by Crippen LogP contribution is -2.24. The number of nitrogens with zero attached hydrogens (tertiary/aromatic N) is 3. The number of anilines is 1. The Hall–Kier alpha value is -3.20. The van der Waals surface area contributed by atoms with Crippen LogP contribution in [0.3, 0.4) is 0 Å². The molecule has 1 unspecified atom stereocenters. The third-order valence-corrected chi connectivity index (χ3v) is 5.97. The van der Waals surface area contributed by atoms with Crippen LogP contribution in [0.25, 0.3) is 11.4 Å². The van der Waals surface area contributed by atoms with E-state index in [2.05, 4.69) is 10.1 Å². The zero-order chi connectivity index (χ0) is 22.0. The van der Waals surface area contributed by atoms with E-state index in [4.69, 9.17) is 18.7 Å². The molecule has 1 amide bonds. The van der Waals surface area contributed by atoms with Gasteiger partial charge in [0.25, 0.3) is 0 Å². The van der Waals surface area contributed by atoms with Gasteiger partial charge in [-0.15, -0.1) is 11.8 Å². The van der Waals surface area contributed by atoms with E-state index in [0.717, 1.165) is 10.5 Å². The molecule has 1 atom stereocenters. The van der Waals surface area contributed by atoms with Crippen molar-refractivity contribution in [2.24, 2.45) is 0 Å². The molecule has 0 N–H and O–H groups in total. The molecule has 3 aromatic rings. The van der Waals surface area contributed by atoms with Gasteiger partial charge in [0.2, 0.25) is 23.4 Å². The molecule has 0 aliphatic carbocycles. The monoisotopic (exact) mass is 441 g/mol. The van der Waals surface area contributed by atoms with Gasteiger partial charge in [-0.2, -0.15) is 4.98 Å².